The van der Waals surface area contributed by atoms with Crippen LogP contribution in [0.4, 0.5) is 5.69 Å². The molecule has 1 fully saturated rings. The Kier molecular flexibility index (Phi) is 5.09. The Balaban J connectivity index is 1.62. The summed E-state index contributed by atoms with van der Waals surface area (Å²) in [6.07, 6.45) is 0.953. The predicted molar refractivity (Wildman–Crippen MR) is 94.3 cm³/mol. The average Bonchev–Trinajstić information content (AvgIpc) is 3.06. The van der Waals surface area contributed by atoms with Crippen LogP contribution in [0.3, 0.4) is 0 Å². The topological polar surface area (TPSA) is 23.6 Å². The number of carbonyl (C=O) groups is 1. The highest BCUT2D eigenvalue weighted by molar-refractivity contribution is 5.95. The number of nitrogens with zero attached hydrogens (tertiary/aromatic N) is 2. The molecule has 0 N–H and O–H groups in total. The fourth-order valence-corrected chi connectivity index (χ4v) is 3.31. The van der Waals surface area contributed by atoms with Gasteiger partial charge in [0.1, 0.15) is 0 Å². The van der Waals surface area contributed by atoms with Gasteiger partial charge < -0.3 is 4.90 Å². The van der Waals surface area contributed by atoms with E-state index in [2.05, 4.69) is 29.2 Å². The maximum absolute atomic E-state index is 12.9. The van der Waals surface area contributed by atoms with Gasteiger partial charge >= 0.3 is 0 Å². The fourth-order valence-electron chi connectivity index (χ4n) is 3.31. The third-order valence-electron chi connectivity index (χ3n) is 4.52. The van der Waals surface area contributed by atoms with Crippen LogP contribution in [0, 0.1) is 5.92 Å². The van der Waals surface area contributed by atoms with Gasteiger partial charge in [-0.25, -0.2) is 0 Å². The van der Waals surface area contributed by atoms with Crippen LogP contribution < -0.4 is 4.90 Å². The van der Waals surface area contributed by atoms with Crippen molar-refractivity contribution >= 4 is 11.6 Å². The average molecular weight is 308 g/mol. The van der Waals surface area contributed by atoms with Gasteiger partial charge in [0.15, 0.2) is 0 Å². The summed E-state index contributed by atoms with van der Waals surface area (Å²) in [7, 11) is 0. The Bertz CT molecular complexity index is 627. The van der Waals surface area contributed by atoms with Crippen LogP contribution in [0.1, 0.15) is 18.9 Å². The lowest BCUT2D eigenvalue weighted by Crippen LogP contribution is -2.37. The highest BCUT2D eigenvalue weighted by Crippen LogP contribution is 2.23. The Labute approximate surface area is 138 Å². The van der Waals surface area contributed by atoms with Crippen molar-refractivity contribution in [2.45, 2.75) is 19.9 Å². The molecular formula is C20H24N2O. The van der Waals surface area contributed by atoms with Crippen LogP contribution in [0.15, 0.2) is 60.7 Å². The Morgan fingerprint density at radius 1 is 1.09 bits per heavy atom. The molecule has 1 amide bonds. The van der Waals surface area contributed by atoms with E-state index in [1.807, 2.05) is 48.2 Å². The van der Waals surface area contributed by atoms with Crippen LogP contribution in [0.2, 0.25) is 0 Å². The molecule has 23 heavy (non-hydrogen) atoms. The van der Waals surface area contributed by atoms with Crippen LogP contribution >= 0.6 is 0 Å². The zero-order valence-electron chi connectivity index (χ0n) is 13.7. The van der Waals surface area contributed by atoms with Crippen molar-refractivity contribution in [3.8, 4) is 0 Å². The van der Waals surface area contributed by atoms with Gasteiger partial charge in [-0.3, -0.25) is 9.69 Å². The van der Waals surface area contributed by atoms with Crippen molar-refractivity contribution in [2.75, 3.05) is 24.5 Å². The normalized spacial score (nSPS) is 18.0. The Morgan fingerprint density at radius 3 is 2.39 bits per heavy atom. The van der Waals surface area contributed by atoms with E-state index in [4.69, 9.17) is 0 Å². The molecule has 1 heterocycles. The summed E-state index contributed by atoms with van der Waals surface area (Å²) in [4.78, 5) is 17.2. The number of rotatable bonds is 5. The molecule has 1 aliphatic heterocycles. The van der Waals surface area contributed by atoms with E-state index in [0.29, 0.717) is 0 Å². The first kappa shape index (κ1) is 15.8. The van der Waals surface area contributed by atoms with Gasteiger partial charge in [-0.2, -0.15) is 0 Å². The lowest BCUT2D eigenvalue weighted by Gasteiger charge is -2.24. The Morgan fingerprint density at radius 2 is 1.74 bits per heavy atom. The molecule has 2 aromatic carbocycles. The molecule has 1 atom stereocenters. The SMILES string of the molecule is CCN(C(=O)C1CCN(Cc2ccccc2)C1)c1ccccc1. The zero-order valence-corrected chi connectivity index (χ0v) is 13.7. The molecule has 2 aromatic rings. The molecule has 0 aromatic heterocycles. The zero-order chi connectivity index (χ0) is 16.1. The molecule has 0 bridgehead atoms. The van der Waals surface area contributed by atoms with E-state index in [-0.39, 0.29) is 11.8 Å². The minimum absolute atomic E-state index is 0.110. The molecule has 1 saturated heterocycles. The van der Waals surface area contributed by atoms with Gasteiger partial charge in [-0.15, -0.1) is 0 Å². The molecule has 3 nitrogen and oxygen atoms in total. The summed E-state index contributed by atoms with van der Waals surface area (Å²) in [5.74, 6) is 0.369. The maximum Gasteiger partial charge on any atom is 0.231 e. The molecule has 120 valence electrons. The smallest absolute Gasteiger partial charge is 0.231 e. The van der Waals surface area contributed by atoms with Gasteiger partial charge in [0.25, 0.3) is 0 Å². The summed E-state index contributed by atoms with van der Waals surface area (Å²) in [6.45, 7) is 5.55. The van der Waals surface area contributed by atoms with Crippen LogP contribution in [0.25, 0.3) is 0 Å². The fraction of sp³-hybridized carbons (Fsp3) is 0.350. The molecule has 0 radical (unpaired) electrons. The van der Waals surface area contributed by atoms with Crippen molar-refractivity contribution in [3.05, 3.63) is 66.2 Å². The minimum Gasteiger partial charge on any atom is -0.312 e. The Hall–Kier alpha value is -2.13. The highest BCUT2D eigenvalue weighted by Gasteiger charge is 2.31. The number of hydrogen-bond acceptors (Lipinski definition) is 2. The molecule has 1 unspecified atom stereocenters. The van der Waals surface area contributed by atoms with Crippen molar-refractivity contribution in [1.82, 2.24) is 4.90 Å². The molecule has 3 rings (SSSR count). The summed E-state index contributed by atoms with van der Waals surface area (Å²) in [6, 6.07) is 20.5. The van der Waals surface area contributed by atoms with E-state index in [1.165, 1.54) is 5.56 Å². The number of carbonyl (C=O) groups excluding carboxylic acids is 1. The van der Waals surface area contributed by atoms with E-state index in [9.17, 15) is 4.79 Å². The summed E-state index contributed by atoms with van der Waals surface area (Å²) >= 11 is 0. The molecule has 0 aliphatic carbocycles. The van der Waals surface area contributed by atoms with Crippen LogP contribution in [-0.4, -0.2) is 30.4 Å². The summed E-state index contributed by atoms with van der Waals surface area (Å²) in [5.41, 5.74) is 2.32. The monoisotopic (exact) mass is 308 g/mol. The summed E-state index contributed by atoms with van der Waals surface area (Å²) < 4.78 is 0. The second-order valence-electron chi connectivity index (χ2n) is 6.12. The molecule has 0 spiro atoms. The number of anilines is 1. The second-order valence-corrected chi connectivity index (χ2v) is 6.12. The van der Waals surface area contributed by atoms with Crippen molar-refractivity contribution in [2.24, 2.45) is 5.92 Å². The predicted octanol–water partition coefficient (Wildman–Crippen LogP) is 3.56. The van der Waals surface area contributed by atoms with Crippen molar-refractivity contribution in [1.29, 1.82) is 0 Å². The van der Waals surface area contributed by atoms with Gasteiger partial charge in [-0.1, -0.05) is 48.5 Å². The van der Waals surface area contributed by atoms with Crippen LogP contribution in [0.5, 0.6) is 0 Å². The number of benzene rings is 2. The molecular weight excluding hydrogens is 284 g/mol. The van der Waals surface area contributed by atoms with Crippen molar-refractivity contribution < 1.29 is 4.79 Å². The van der Waals surface area contributed by atoms with E-state index in [1.54, 1.807) is 0 Å². The summed E-state index contributed by atoms with van der Waals surface area (Å²) in [5, 5.41) is 0. The first-order valence-corrected chi connectivity index (χ1v) is 8.40. The number of para-hydroxylation sites is 1. The third kappa shape index (κ3) is 3.80. The minimum atomic E-state index is 0.110. The second kappa shape index (κ2) is 7.42. The number of amides is 1. The molecule has 3 heteroatoms. The third-order valence-corrected chi connectivity index (χ3v) is 4.52. The number of hydrogen-bond donors (Lipinski definition) is 0. The van der Waals surface area contributed by atoms with Crippen LogP contribution in [-0.2, 0) is 11.3 Å². The van der Waals surface area contributed by atoms with E-state index >= 15 is 0 Å². The highest BCUT2D eigenvalue weighted by atomic mass is 16.2. The first-order chi connectivity index (χ1) is 11.3. The van der Waals surface area contributed by atoms with Gasteiger partial charge in [0, 0.05) is 25.3 Å². The lowest BCUT2D eigenvalue weighted by molar-refractivity contribution is -0.122. The van der Waals surface area contributed by atoms with E-state index < -0.39 is 0 Å². The number of likely N-dealkylation sites (tertiary alicyclic amines) is 1. The largest absolute Gasteiger partial charge is 0.312 e. The maximum atomic E-state index is 12.9. The quantitative estimate of drug-likeness (QED) is 0.843. The van der Waals surface area contributed by atoms with Gasteiger partial charge in [-0.05, 0) is 37.6 Å². The van der Waals surface area contributed by atoms with E-state index in [0.717, 1.165) is 38.3 Å². The standard InChI is InChI=1S/C20H24N2O/c1-2-22(19-11-7-4-8-12-19)20(23)18-13-14-21(16-18)15-17-9-5-3-6-10-17/h3-12,18H,2,13-16H2,1H3. The van der Waals surface area contributed by atoms with Gasteiger partial charge in [0.05, 0.1) is 5.92 Å². The molecule has 0 saturated carbocycles. The lowest BCUT2D eigenvalue weighted by atomic mass is 10.1. The first-order valence-electron chi connectivity index (χ1n) is 8.40. The van der Waals surface area contributed by atoms with Gasteiger partial charge in [0.2, 0.25) is 5.91 Å². The van der Waals surface area contributed by atoms with Crippen molar-refractivity contribution in [3.63, 3.8) is 0 Å². The molecule has 1 aliphatic rings.